The van der Waals surface area contributed by atoms with Gasteiger partial charge in [-0.2, -0.15) is 10.4 Å². The van der Waals surface area contributed by atoms with E-state index in [1.165, 1.54) is 0 Å². The van der Waals surface area contributed by atoms with E-state index < -0.39 is 5.91 Å². The van der Waals surface area contributed by atoms with Gasteiger partial charge < -0.3 is 15.2 Å². The molecule has 2 aromatic carbocycles. The number of primary amides is 1. The van der Waals surface area contributed by atoms with Crippen LogP contribution in [-0.4, -0.2) is 27.4 Å². The second-order valence-electron chi connectivity index (χ2n) is 8.28. The van der Waals surface area contributed by atoms with Crippen LogP contribution >= 0.6 is 0 Å². The van der Waals surface area contributed by atoms with Crippen LogP contribution in [0.2, 0.25) is 0 Å². The highest BCUT2D eigenvalue weighted by Gasteiger charge is 2.33. The summed E-state index contributed by atoms with van der Waals surface area (Å²) in [6.45, 7) is 2.37. The smallest absolute Gasteiger partial charge is 0.218 e. The van der Waals surface area contributed by atoms with E-state index in [2.05, 4.69) is 39.4 Å². The Labute approximate surface area is 190 Å². The minimum atomic E-state index is -0.401. The monoisotopic (exact) mass is 438 g/mol. The Morgan fingerprint density at radius 1 is 1.24 bits per heavy atom. The zero-order chi connectivity index (χ0) is 23.1. The van der Waals surface area contributed by atoms with Gasteiger partial charge in [0.05, 0.1) is 23.5 Å². The van der Waals surface area contributed by atoms with Crippen molar-refractivity contribution in [3.8, 4) is 28.3 Å². The molecule has 0 spiro atoms. The maximum Gasteiger partial charge on any atom is 0.218 e. The van der Waals surface area contributed by atoms with Crippen molar-refractivity contribution in [3.05, 3.63) is 71.9 Å². The summed E-state index contributed by atoms with van der Waals surface area (Å²) in [5.74, 6) is -0.0109. The lowest BCUT2D eigenvalue weighted by Crippen LogP contribution is -2.26. The number of nitriles is 1. The molecule has 1 aliphatic heterocycles. The van der Waals surface area contributed by atoms with Gasteiger partial charge in [-0.25, -0.2) is 0 Å². The van der Waals surface area contributed by atoms with Crippen LogP contribution in [0.5, 0.6) is 0 Å². The van der Waals surface area contributed by atoms with Crippen molar-refractivity contribution in [1.29, 1.82) is 5.26 Å². The van der Waals surface area contributed by atoms with E-state index in [1.807, 2.05) is 38.5 Å². The van der Waals surface area contributed by atoms with Gasteiger partial charge in [0.2, 0.25) is 5.91 Å². The summed E-state index contributed by atoms with van der Waals surface area (Å²) < 4.78 is 7.50. The number of nitrogens with two attached hydrogens (primary N) is 1. The van der Waals surface area contributed by atoms with Crippen molar-refractivity contribution in [2.45, 2.75) is 19.3 Å². The molecule has 2 N–H and O–H groups in total. The number of aromatic nitrogens is 3. The highest BCUT2D eigenvalue weighted by Crippen LogP contribution is 2.46. The molecule has 8 nitrogen and oxygen atoms in total. The lowest BCUT2D eigenvalue weighted by molar-refractivity contribution is -0.118. The molecule has 164 valence electrons. The molecule has 0 saturated heterocycles. The quantitative estimate of drug-likeness (QED) is 0.514. The number of carbonyl (C=O) groups excluding carboxylic acids is 1. The van der Waals surface area contributed by atoms with Crippen LogP contribution in [-0.2, 0) is 11.8 Å². The number of fused-ring (bicyclic) bond motifs is 3. The SMILES string of the molecule is Cc1noc2c1-c1ccc(-c3cnn(C)c3)cc1N(c1ccc(C#N)cc1)CC2CC(N)=O. The maximum atomic E-state index is 11.9. The van der Waals surface area contributed by atoms with Crippen molar-refractivity contribution in [3.63, 3.8) is 0 Å². The zero-order valence-electron chi connectivity index (χ0n) is 18.3. The van der Waals surface area contributed by atoms with Crippen LogP contribution < -0.4 is 10.6 Å². The summed E-state index contributed by atoms with van der Waals surface area (Å²) in [5, 5.41) is 17.7. The number of benzene rings is 2. The second kappa shape index (κ2) is 7.95. The van der Waals surface area contributed by atoms with Crippen LogP contribution in [0.3, 0.4) is 0 Å². The fraction of sp³-hybridized carbons (Fsp3) is 0.200. The molecule has 2 aromatic heterocycles. The first-order valence-electron chi connectivity index (χ1n) is 10.6. The van der Waals surface area contributed by atoms with Gasteiger partial charge in [-0.3, -0.25) is 9.48 Å². The van der Waals surface area contributed by atoms with E-state index in [1.54, 1.807) is 16.8 Å². The molecule has 1 atom stereocenters. The number of hydrogen-bond donors (Lipinski definition) is 1. The van der Waals surface area contributed by atoms with Gasteiger partial charge in [0.15, 0.2) is 0 Å². The van der Waals surface area contributed by atoms with Crippen LogP contribution in [0, 0.1) is 18.3 Å². The summed E-state index contributed by atoms with van der Waals surface area (Å²) in [5.41, 5.74) is 12.7. The third-order valence-corrected chi connectivity index (χ3v) is 6.01. The first-order valence-corrected chi connectivity index (χ1v) is 10.6. The molecule has 33 heavy (non-hydrogen) atoms. The number of carbonyl (C=O) groups is 1. The van der Waals surface area contributed by atoms with Crippen LogP contribution in [0.1, 0.15) is 29.4 Å². The minimum Gasteiger partial charge on any atom is -0.370 e. The van der Waals surface area contributed by atoms with Gasteiger partial charge >= 0.3 is 0 Å². The van der Waals surface area contributed by atoms with Crippen molar-refractivity contribution in [2.75, 3.05) is 11.4 Å². The lowest BCUT2D eigenvalue weighted by atomic mass is 9.94. The third kappa shape index (κ3) is 3.64. The number of anilines is 2. The van der Waals surface area contributed by atoms with Gasteiger partial charge in [0, 0.05) is 60.2 Å². The molecule has 1 unspecified atom stereocenters. The molecule has 0 bridgehead atoms. The molecular weight excluding hydrogens is 416 g/mol. The predicted molar refractivity (Wildman–Crippen MR) is 124 cm³/mol. The molecule has 3 heterocycles. The Morgan fingerprint density at radius 3 is 2.70 bits per heavy atom. The topological polar surface area (TPSA) is 114 Å². The Balaban J connectivity index is 1.73. The van der Waals surface area contributed by atoms with Crippen LogP contribution in [0.15, 0.2) is 59.4 Å². The zero-order valence-corrected chi connectivity index (χ0v) is 18.3. The van der Waals surface area contributed by atoms with Crippen LogP contribution in [0.25, 0.3) is 22.3 Å². The number of rotatable bonds is 4. The van der Waals surface area contributed by atoms with E-state index >= 15 is 0 Å². The number of nitrogens with zero attached hydrogens (tertiary/aromatic N) is 5. The maximum absolute atomic E-state index is 11.9. The average molecular weight is 438 g/mol. The lowest BCUT2D eigenvalue weighted by Gasteiger charge is -2.28. The van der Waals surface area contributed by atoms with Crippen molar-refractivity contribution in [1.82, 2.24) is 14.9 Å². The molecular formula is C25H22N6O2. The third-order valence-electron chi connectivity index (χ3n) is 6.01. The number of aryl methyl sites for hydroxylation is 2. The second-order valence-corrected chi connectivity index (χ2v) is 8.28. The molecule has 0 radical (unpaired) electrons. The molecule has 0 fully saturated rings. The normalized spacial score (nSPS) is 14.8. The summed E-state index contributed by atoms with van der Waals surface area (Å²) in [4.78, 5) is 14.1. The van der Waals surface area contributed by atoms with Crippen molar-refractivity contribution >= 4 is 17.3 Å². The van der Waals surface area contributed by atoms with E-state index in [4.69, 9.17) is 10.3 Å². The summed E-state index contributed by atoms with van der Waals surface area (Å²) in [6.07, 6.45) is 3.94. The Morgan fingerprint density at radius 2 is 2.03 bits per heavy atom. The van der Waals surface area contributed by atoms with Gasteiger partial charge in [-0.1, -0.05) is 17.3 Å². The molecule has 1 aliphatic rings. The van der Waals surface area contributed by atoms with E-state index in [0.717, 1.165) is 39.3 Å². The largest absolute Gasteiger partial charge is 0.370 e. The Hall–Kier alpha value is -4.38. The molecule has 0 saturated carbocycles. The average Bonchev–Trinajstić information content (AvgIpc) is 3.38. The van der Waals surface area contributed by atoms with Gasteiger partial charge in [-0.05, 0) is 42.8 Å². The predicted octanol–water partition coefficient (Wildman–Crippen LogP) is 4.03. The summed E-state index contributed by atoms with van der Waals surface area (Å²) in [7, 11) is 1.89. The van der Waals surface area contributed by atoms with Gasteiger partial charge in [0.25, 0.3) is 0 Å². The molecule has 1 amide bonds. The molecule has 0 aliphatic carbocycles. The first-order chi connectivity index (χ1) is 15.9. The fourth-order valence-electron chi connectivity index (χ4n) is 4.47. The summed E-state index contributed by atoms with van der Waals surface area (Å²) >= 11 is 0. The number of hydrogen-bond acceptors (Lipinski definition) is 6. The van der Waals surface area contributed by atoms with Crippen molar-refractivity contribution in [2.24, 2.45) is 12.8 Å². The standard InChI is InChI=1S/C25H22N6O2/c1-15-24-21-8-5-17(19-12-28-30(2)13-19)9-22(21)31(20-6-3-16(11-26)4-7-20)14-18(10-23(27)32)25(24)33-29-15/h3-9,12-13,18H,10,14H2,1-2H3,(H2,27,32). The number of amides is 1. The van der Waals surface area contributed by atoms with Gasteiger partial charge in [0.1, 0.15) is 5.76 Å². The fourth-order valence-corrected chi connectivity index (χ4v) is 4.47. The molecule has 8 heteroatoms. The molecule has 5 rings (SSSR count). The Bertz CT molecular complexity index is 1390. The first kappa shape index (κ1) is 20.5. The van der Waals surface area contributed by atoms with E-state index in [9.17, 15) is 10.1 Å². The highest BCUT2D eigenvalue weighted by molar-refractivity contribution is 5.89. The minimum absolute atomic E-state index is 0.137. The van der Waals surface area contributed by atoms with E-state index in [-0.39, 0.29) is 12.3 Å². The highest BCUT2D eigenvalue weighted by atomic mass is 16.5. The van der Waals surface area contributed by atoms with Crippen LogP contribution in [0.4, 0.5) is 11.4 Å². The molecule has 4 aromatic rings. The van der Waals surface area contributed by atoms with Gasteiger partial charge in [-0.15, -0.1) is 0 Å². The van der Waals surface area contributed by atoms with E-state index in [0.29, 0.717) is 17.9 Å². The summed E-state index contributed by atoms with van der Waals surface area (Å²) in [6, 6.07) is 15.8. The Kier molecular flexibility index (Phi) is 4.94. The van der Waals surface area contributed by atoms with Crippen molar-refractivity contribution < 1.29 is 9.32 Å².